The Kier molecular flexibility index (Phi) is 6.30. The number of carbonyl (C=O) groups excluding carboxylic acids is 1. The van der Waals surface area contributed by atoms with Crippen molar-refractivity contribution in [1.82, 2.24) is 4.90 Å². The largest absolute Gasteiger partial charge is 0.337 e. The van der Waals surface area contributed by atoms with E-state index in [2.05, 4.69) is 0 Å². The van der Waals surface area contributed by atoms with Gasteiger partial charge in [-0.1, -0.05) is 25.4 Å². The van der Waals surface area contributed by atoms with Gasteiger partial charge in [0, 0.05) is 18.0 Å². The van der Waals surface area contributed by atoms with Crippen molar-refractivity contribution in [2.75, 3.05) is 13.1 Å². The van der Waals surface area contributed by atoms with Gasteiger partial charge in [0.1, 0.15) is 0 Å². The lowest BCUT2D eigenvalue weighted by molar-refractivity contribution is -0.142. The Morgan fingerprint density at radius 3 is 2.37 bits per heavy atom. The van der Waals surface area contributed by atoms with E-state index in [1.54, 1.807) is 0 Å². The van der Waals surface area contributed by atoms with Gasteiger partial charge in [-0.15, -0.1) is 11.3 Å². The summed E-state index contributed by atoms with van der Waals surface area (Å²) < 4.78 is 0.759. The van der Waals surface area contributed by atoms with Crippen molar-refractivity contribution in [3.63, 3.8) is 0 Å². The molecule has 0 spiro atoms. The zero-order valence-electron chi connectivity index (χ0n) is 11.9. The van der Waals surface area contributed by atoms with Crippen molar-refractivity contribution in [3.8, 4) is 0 Å². The summed E-state index contributed by atoms with van der Waals surface area (Å²) in [6.07, 6.45) is 1.56. The highest BCUT2D eigenvalue weighted by Crippen LogP contribution is 2.29. The van der Waals surface area contributed by atoms with Gasteiger partial charge >= 0.3 is 0 Å². The quantitative estimate of drug-likeness (QED) is 0.837. The van der Waals surface area contributed by atoms with Crippen molar-refractivity contribution in [2.24, 2.45) is 11.1 Å². The molecule has 108 valence electrons. The highest BCUT2D eigenvalue weighted by atomic mass is 35.5. The molecule has 2 N–H and O–H groups in total. The third-order valence-electron chi connectivity index (χ3n) is 3.84. The van der Waals surface area contributed by atoms with Gasteiger partial charge in [-0.2, -0.15) is 0 Å². The number of hydrogen-bond acceptors (Lipinski definition) is 3. The second-order valence-corrected chi connectivity index (χ2v) is 6.52. The number of rotatable bonds is 7. The molecule has 1 heterocycles. The fraction of sp³-hybridized carbons (Fsp3) is 0.643. The lowest BCUT2D eigenvalue weighted by atomic mass is 9.81. The molecular weight excluding hydrogens is 280 g/mol. The molecule has 0 unspecified atom stereocenters. The van der Waals surface area contributed by atoms with E-state index in [1.165, 1.54) is 11.3 Å². The van der Waals surface area contributed by atoms with Gasteiger partial charge in [0.2, 0.25) is 5.91 Å². The van der Waals surface area contributed by atoms with Crippen LogP contribution in [0.2, 0.25) is 4.34 Å². The number of halogens is 1. The molecule has 1 rings (SSSR count). The zero-order valence-corrected chi connectivity index (χ0v) is 13.5. The zero-order chi connectivity index (χ0) is 14.5. The Balaban J connectivity index is 2.86. The average Bonchev–Trinajstić information content (AvgIpc) is 2.84. The molecule has 0 aliphatic carbocycles. The van der Waals surface area contributed by atoms with Crippen molar-refractivity contribution < 1.29 is 4.79 Å². The smallest absolute Gasteiger partial charge is 0.230 e. The van der Waals surface area contributed by atoms with Crippen molar-refractivity contribution in [1.29, 1.82) is 0 Å². The van der Waals surface area contributed by atoms with Crippen LogP contribution >= 0.6 is 22.9 Å². The molecule has 1 aromatic rings. The molecule has 0 saturated carbocycles. The van der Waals surface area contributed by atoms with Crippen LogP contribution in [0, 0.1) is 5.41 Å². The Hall–Kier alpha value is -0.580. The molecule has 0 atom stereocenters. The summed E-state index contributed by atoms with van der Waals surface area (Å²) in [5, 5.41) is 0. The van der Waals surface area contributed by atoms with Gasteiger partial charge in [-0.3, -0.25) is 4.79 Å². The highest BCUT2D eigenvalue weighted by Gasteiger charge is 2.36. The number of nitrogens with two attached hydrogens (primary N) is 1. The van der Waals surface area contributed by atoms with E-state index >= 15 is 0 Å². The van der Waals surface area contributed by atoms with Crippen LogP contribution in [0.3, 0.4) is 0 Å². The molecule has 0 aliphatic heterocycles. The maximum atomic E-state index is 12.7. The van der Waals surface area contributed by atoms with Crippen LogP contribution in [-0.4, -0.2) is 23.9 Å². The molecule has 1 aromatic heterocycles. The maximum absolute atomic E-state index is 12.7. The molecule has 5 heteroatoms. The lowest BCUT2D eigenvalue weighted by Gasteiger charge is -2.34. The first-order valence-electron chi connectivity index (χ1n) is 6.76. The minimum atomic E-state index is -0.420. The Morgan fingerprint density at radius 1 is 1.37 bits per heavy atom. The second-order valence-electron chi connectivity index (χ2n) is 4.72. The first-order chi connectivity index (χ1) is 9.02. The van der Waals surface area contributed by atoms with Crippen LogP contribution in [0.5, 0.6) is 0 Å². The van der Waals surface area contributed by atoms with Gasteiger partial charge in [0.25, 0.3) is 0 Å². The minimum Gasteiger partial charge on any atom is -0.337 e. The normalized spacial score (nSPS) is 11.6. The summed E-state index contributed by atoms with van der Waals surface area (Å²) in [6.45, 7) is 7.78. The highest BCUT2D eigenvalue weighted by molar-refractivity contribution is 7.16. The Bertz CT molecular complexity index is 407. The van der Waals surface area contributed by atoms with Crippen LogP contribution < -0.4 is 5.73 Å². The molecule has 19 heavy (non-hydrogen) atoms. The molecule has 0 radical (unpaired) electrons. The first-order valence-corrected chi connectivity index (χ1v) is 7.96. The van der Waals surface area contributed by atoms with E-state index in [0.717, 1.165) is 22.1 Å². The van der Waals surface area contributed by atoms with Crippen LogP contribution in [0.1, 0.15) is 38.5 Å². The van der Waals surface area contributed by atoms with Crippen molar-refractivity contribution in [3.05, 3.63) is 21.3 Å². The predicted octanol–water partition coefficient (Wildman–Crippen LogP) is 3.52. The van der Waals surface area contributed by atoms with E-state index in [0.29, 0.717) is 19.6 Å². The maximum Gasteiger partial charge on any atom is 0.230 e. The second kappa shape index (κ2) is 7.27. The summed E-state index contributed by atoms with van der Waals surface area (Å²) in [4.78, 5) is 15.7. The molecular formula is C14H23ClN2OS. The summed E-state index contributed by atoms with van der Waals surface area (Å²) >= 11 is 7.46. The average molecular weight is 303 g/mol. The van der Waals surface area contributed by atoms with Gasteiger partial charge in [-0.05, 0) is 31.9 Å². The fourth-order valence-electron chi connectivity index (χ4n) is 2.22. The van der Waals surface area contributed by atoms with Crippen LogP contribution in [-0.2, 0) is 11.3 Å². The lowest BCUT2D eigenvalue weighted by Crippen LogP contribution is -2.47. The minimum absolute atomic E-state index is 0.159. The van der Waals surface area contributed by atoms with E-state index in [9.17, 15) is 4.79 Å². The number of thiophene rings is 1. The molecule has 0 aliphatic rings. The third kappa shape index (κ3) is 3.71. The topological polar surface area (TPSA) is 46.3 Å². The van der Waals surface area contributed by atoms with Crippen LogP contribution in [0.25, 0.3) is 0 Å². The molecule has 0 aromatic carbocycles. The van der Waals surface area contributed by atoms with Crippen molar-refractivity contribution in [2.45, 2.75) is 40.2 Å². The number of amides is 1. The molecule has 3 nitrogen and oxygen atoms in total. The standard InChI is InChI=1S/C14H23ClN2OS/c1-4-14(5-2,10-16)13(18)17(6-3)9-11-7-8-12(15)19-11/h7-8H,4-6,9-10,16H2,1-3H3. The monoisotopic (exact) mass is 302 g/mol. The van der Waals surface area contributed by atoms with E-state index in [1.807, 2.05) is 37.8 Å². The van der Waals surface area contributed by atoms with Crippen molar-refractivity contribution >= 4 is 28.8 Å². The summed E-state index contributed by atoms with van der Waals surface area (Å²) in [6, 6.07) is 3.85. The van der Waals surface area contributed by atoms with E-state index < -0.39 is 5.41 Å². The Morgan fingerprint density at radius 2 is 2.00 bits per heavy atom. The molecule has 1 amide bonds. The molecule has 0 saturated heterocycles. The fourth-order valence-corrected chi connectivity index (χ4v) is 3.32. The van der Waals surface area contributed by atoms with Crippen LogP contribution in [0.15, 0.2) is 12.1 Å². The summed E-state index contributed by atoms with van der Waals surface area (Å²) in [7, 11) is 0. The van der Waals surface area contributed by atoms with E-state index in [-0.39, 0.29) is 5.91 Å². The van der Waals surface area contributed by atoms with Gasteiger partial charge in [-0.25, -0.2) is 0 Å². The van der Waals surface area contributed by atoms with Gasteiger partial charge < -0.3 is 10.6 Å². The third-order valence-corrected chi connectivity index (χ3v) is 5.06. The van der Waals surface area contributed by atoms with Crippen LogP contribution in [0.4, 0.5) is 0 Å². The number of hydrogen-bond donors (Lipinski definition) is 1. The van der Waals surface area contributed by atoms with Gasteiger partial charge in [0.05, 0.1) is 16.3 Å². The number of nitrogens with zero attached hydrogens (tertiary/aromatic N) is 1. The SMILES string of the molecule is CCN(Cc1ccc(Cl)s1)C(=O)C(CC)(CC)CN. The predicted molar refractivity (Wildman–Crippen MR) is 82.5 cm³/mol. The number of carbonyl (C=O) groups is 1. The molecule has 0 fully saturated rings. The Labute approximate surface area is 124 Å². The van der Waals surface area contributed by atoms with E-state index in [4.69, 9.17) is 17.3 Å². The van der Waals surface area contributed by atoms with Gasteiger partial charge in [0.15, 0.2) is 0 Å². The molecule has 0 bridgehead atoms. The summed E-state index contributed by atoms with van der Waals surface area (Å²) in [5.74, 6) is 0.159. The first kappa shape index (κ1) is 16.5. The summed E-state index contributed by atoms with van der Waals surface area (Å²) in [5.41, 5.74) is 5.43.